The largest absolute Gasteiger partial charge is 0.489 e. The topological polar surface area (TPSA) is 46.5 Å². The van der Waals surface area contributed by atoms with Crippen molar-refractivity contribution in [2.75, 3.05) is 0 Å². The lowest BCUT2D eigenvalue weighted by Gasteiger charge is -2.53. The molecule has 0 saturated heterocycles. The quantitative estimate of drug-likeness (QED) is 0.922. The third kappa shape index (κ3) is 2.12. The molecule has 0 aromatic heterocycles. The van der Waals surface area contributed by atoms with Gasteiger partial charge in [0.15, 0.2) is 0 Å². The highest BCUT2D eigenvalue weighted by Gasteiger charge is 2.49. The highest BCUT2D eigenvalue weighted by atomic mass is 19.1. The molecule has 4 bridgehead atoms. The Morgan fingerprint density at radius 3 is 2.29 bits per heavy atom. The first-order valence-electron chi connectivity index (χ1n) is 7.80. The SMILES string of the molecule is O=C(O)c1c(F)cccc1OC1C2CC3CC(C2)CC1C3. The van der Waals surface area contributed by atoms with Crippen LogP contribution in [0.2, 0.25) is 0 Å². The van der Waals surface area contributed by atoms with E-state index in [1.54, 1.807) is 6.07 Å². The minimum atomic E-state index is -1.26. The Kier molecular flexibility index (Phi) is 2.95. The second-order valence-electron chi connectivity index (χ2n) is 6.93. The zero-order valence-electron chi connectivity index (χ0n) is 11.8. The summed E-state index contributed by atoms with van der Waals surface area (Å²) in [4.78, 5) is 11.3. The molecule has 21 heavy (non-hydrogen) atoms. The third-order valence-electron chi connectivity index (χ3n) is 5.59. The molecule has 4 heteroatoms. The molecule has 4 fully saturated rings. The lowest BCUT2D eigenvalue weighted by atomic mass is 9.55. The van der Waals surface area contributed by atoms with Gasteiger partial charge in [-0.3, -0.25) is 0 Å². The first-order chi connectivity index (χ1) is 10.1. The molecule has 4 aliphatic carbocycles. The van der Waals surface area contributed by atoms with E-state index in [4.69, 9.17) is 4.74 Å². The number of carboxylic acids is 1. The van der Waals surface area contributed by atoms with E-state index in [0.29, 0.717) is 11.8 Å². The molecule has 0 spiro atoms. The van der Waals surface area contributed by atoms with Crippen molar-refractivity contribution in [1.82, 2.24) is 0 Å². The molecule has 1 aromatic carbocycles. The maximum absolute atomic E-state index is 13.8. The van der Waals surface area contributed by atoms with Crippen LogP contribution in [-0.4, -0.2) is 17.2 Å². The van der Waals surface area contributed by atoms with Crippen LogP contribution < -0.4 is 4.74 Å². The molecule has 1 aromatic rings. The van der Waals surface area contributed by atoms with Crippen molar-refractivity contribution in [1.29, 1.82) is 0 Å². The molecule has 0 radical (unpaired) electrons. The Bertz CT molecular complexity index is 555. The van der Waals surface area contributed by atoms with Crippen molar-refractivity contribution >= 4 is 5.97 Å². The maximum atomic E-state index is 13.8. The van der Waals surface area contributed by atoms with Crippen LogP contribution >= 0.6 is 0 Å². The lowest BCUT2D eigenvalue weighted by molar-refractivity contribution is -0.0793. The highest BCUT2D eigenvalue weighted by Crippen LogP contribution is 2.54. The highest BCUT2D eigenvalue weighted by molar-refractivity contribution is 5.91. The van der Waals surface area contributed by atoms with E-state index in [9.17, 15) is 14.3 Å². The van der Waals surface area contributed by atoms with Gasteiger partial charge in [-0.2, -0.15) is 0 Å². The van der Waals surface area contributed by atoms with Gasteiger partial charge in [0.1, 0.15) is 23.2 Å². The van der Waals surface area contributed by atoms with Crippen LogP contribution in [0.3, 0.4) is 0 Å². The van der Waals surface area contributed by atoms with E-state index in [0.717, 1.165) is 11.8 Å². The normalized spacial score (nSPS) is 36.7. The summed E-state index contributed by atoms with van der Waals surface area (Å²) in [5.74, 6) is 0.922. The smallest absolute Gasteiger partial charge is 0.342 e. The van der Waals surface area contributed by atoms with Gasteiger partial charge >= 0.3 is 5.97 Å². The zero-order chi connectivity index (χ0) is 14.6. The Balaban J connectivity index is 1.62. The van der Waals surface area contributed by atoms with Crippen LogP contribution in [0.4, 0.5) is 4.39 Å². The van der Waals surface area contributed by atoms with E-state index < -0.39 is 11.8 Å². The van der Waals surface area contributed by atoms with Crippen molar-refractivity contribution < 1.29 is 19.0 Å². The van der Waals surface area contributed by atoms with Gasteiger partial charge in [-0.05, 0) is 67.9 Å². The fraction of sp³-hybridized carbons (Fsp3) is 0.588. The van der Waals surface area contributed by atoms with Crippen molar-refractivity contribution in [3.63, 3.8) is 0 Å². The standard InChI is InChI=1S/C17H19FO3/c18-13-2-1-3-14(15(13)17(19)20)21-16-11-5-9-4-10(7-11)8-12(16)6-9/h1-3,9-12,16H,4-8H2,(H,19,20). The molecule has 0 aliphatic heterocycles. The van der Waals surface area contributed by atoms with Gasteiger partial charge in [0, 0.05) is 0 Å². The van der Waals surface area contributed by atoms with Gasteiger partial charge in [-0.1, -0.05) is 6.07 Å². The summed E-state index contributed by atoms with van der Waals surface area (Å²) in [5, 5.41) is 9.21. The second kappa shape index (κ2) is 4.72. The summed E-state index contributed by atoms with van der Waals surface area (Å²) in [6.07, 6.45) is 6.19. The van der Waals surface area contributed by atoms with Crippen molar-refractivity contribution in [2.24, 2.45) is 23.7 Å². The molecule has 0 heterocycles. The Hall–Kier alpha value is -1.58. The predicted molar refractivity (Wildman–Crippen MR) is 74.8 cm³/mol. The fourth-order valence-electron chi connectivity index (χ4n) is 5.02. The molecule has 4 aliphatic rings. The van der Waals surface area contributed by atoms with Crippen molar-refractivity contribution in [3.8, 4) is 5.75 Å². The second-order valence-corrected chi connectivity index (χ2v) is 6.93. The maximum Gasteiger partial charge on any atom is 0.342 e. The number of carboxylic acid groups (broad SMARTS) is 1. The summed E-state index contributed by atoms with van der Waals surface area (Å²) in [5.41, 5.74) is -0.327. The fourth-order valence-corrected chi connectivity index (χ4v) is 5.02. The number of halogens is 1. The number of carbonyl (C=O) groups is 1. The number of rotatable bonds is 3. The van der Waals surface area contributed by atoms with E-state index in [-0.39, 0.29) is 17.4 Å². The van der Waals surface area contributed by atoms with E-state index in [1.165, 1.54) is 44.2 Å². The molecule has 4 saturated carbocycles. The summed E-state index contributed by atoms with van der Waals surface area (Å²) >= 11 is 0. The minimum absolute atomic E-state index is 0.0673. The Labute approximate surface area is 123 Å². The molecule has 0 atom stereocenters. The van der Waals surface area contributed by atoms with E-state index in [2.05, 4.69) is 0 Å². The predicted octanol–water partition coefficient (Wildman–Crippen LogP) is 3.73. The summed E-state index contributed by atoms with van der Waals surface area (Å²) < 4.78 is 19.8. The average Bonchev–Trinajstić information content (AvgIpc) is 2.41. The molecule has 3 nitrogen and oxygen atoms in total. The Morgan fingerprint density at radius 2 is 1.71 bits per heavy atom. The van der Waals surface area contributed by atoms with Gasteiger partial charge in [0.05, 0.1) is 0 Å². The number of hydrogen-bond acceptors (Lipinski definition) is 2. The van der Waals surface area contributed by atoms with Crippen LogP contribution in [0, 0.1) is 29.5 Å². The van der Waals surface area contributed by atoms with Crippen LogP contribution in [0.25, 0.3) is 0 Å². The van der Waals surface area contributed by atoms with Gasteiger partial charge < -0.3 is 9.84 Å². The molecule has 0 unspecified atom stereocenters. The number of aromatic carboxylic acids is 1. The first kappa shape index (κ1) is 13.1. The lowest BCUT2D eigenvalue weighted by Crippen LogP contribution is -2.50. The Morgan fingerprint density at radius 1 is 1.10 bits per heavy atom. The van der Waals surface area contributed by atoms with Crippen molar-refractivity contribution in [2.45, 2.75) is 38.2 Å². The van der Waals surface area contributed by atoms with E-state index >= 15 is 0 Å². The molecule has 5 rings (SSSR count). The summed E-state index contributed by atoms with van der Waals surface area (Å²) in [6, 6.07) is 4.28. The minimum Gasteiger partial charge on any atom is -0.489 e. The van der Waals surface area contributed by atoms with Gasteiger partial charge in [0.25, 0.3) is 0 Å². The van der Waals surface area contributed by atoms with Crippen molar-refractivity contribution in [3.05, 3.63) is 29.6 Å². The van der Waals surface area contributed by atoms with Gasteiger partial charge in [-0.15, -0.1) is 0 Å². The zero-order valence-corrected chi connectivity index (χ0v) is 11.8. The number of ether oxygens (including phenoxy) is 1. The van der Waals surface area contributed by atoms with Crippen LogP contribution in [0.1, 0.15) is 42.5 Å². The summed E-state index contributed by atoms with van der Waals surface area (Å²) in [6.45, 7) is 0. The molecular formula is C17H19FO3. The van der Waals surface area contributed by atoms with Gasteiger partial charge in [-0.25, -0.2) is 9.18 Å². The van der Waals surface area contributed by atoms with Gasteiger partial charge in [0.2, 0.25) is 0 Å². The molecule has 112 valence electrons. The van der Waals surface area contributed by atoms with Crippen LogP contribution in [-0.2, 0) is 0 Å². The molecule has 0 amide bonds. The average molecular weight is 290 g/mol. The first-order valence-corrected chi connectivity index (χ1v) is 7.80. The molecular weight excluding hydrogens is 271 g/mol. The van der Waals surface area contributed by atoms with Crippen LogP contribution in [0.15, 0.2) is 18.2 Å². The monoisotopic (exact) mass is 290 g/mol. The third-order valence-corrected chi connectivity index (χ3v) is 5.59. The van der Waals surface area contributed by atoms with E-state index in [1.807, 2.05) is 0 Å². The number of hydrogen-bond donors (Lipinski definition) is 1. The van der Waals surface area contributed by atoms with Crippen LogP contribution in [0.5, 0.6) is 5.75 Å². The summed E-state index contributed by atoms with van der Waals surface area (Å²) in [7, 11) is 0. The number of benzene rings is 1. The molecule has 1 N–H and O–H groups in total.